The Morgan fingerprint density at radius 3 is 1.66 bits per heavy atom. The predicted molar refractivity (Wildman–Crippen MR) is 120 cm³/mol. The summed E-state index contributed by atoms with van der Waals surface area (Å²) in [5.74, 6) is 1.40. The molecule has 0 radical (unpaired) electrons. The first-order valence-corrected chi connectivity index (χ1v) is 10.2. The lowest BCUT2D eigenvalue weighted by Gasteiger charge is -2.34. The smallest absolute Gasteiger partial charge is 0.131 e. The van der Waals surface area contributed by atoms with Crippen LogP contribution in [0.3, 0.4) is 0 Å². The Hall–Kier alpha value is -3.17. The second-order valence-corrected chi connectivity index (χ2v) is 7.44. The van der Waals surface area contributed by atoms with E-state index in [0.717, 1.165) is 16.9 Å². The van der Waals surface area contributed by atoms with Crippen LogP contribution in [-0.4, -0.2) is 11.0 Å². The molecule has 4 aromatic carbocycles. The van der Waals surface area contributed by atoms with Crippen molar-refractivity contribution in [1.29, 1.82) is 0 Å². The van der Waals surface area contributed by atoms with Gasteiger partial charge in [-0.2, -0.15) is 0 Å². The minimum absolute atomic E-state index is 0.265. The van der Waals surface area contributed by atoms with Crippen LogP contribution in [0.15, 0.2) is 97.1 Å². The fourth-order valence-corrected chi connectivity index (χ4v) is 4.76. The lowest BCUT2D eigenvalue weighted by atomic mass is 9.68. The van der Waals surface area contributed by atoms with Crippen molar-refractivity contribution in [2.45, 2.75) is 5.41 Å². The highest BCUT2D eigenvalue weighted by atomic mass is 32.1. The van der Waals surface area contributed by atoms with E-state index in [-0.39, 0.29) is 5.75 Å². The molecular weight excluding hydrogens is 376 g/mol. The highest BCUT2D eigenvalue weighted by molar-refractivity contribution is 7.80. The van der Waals surface area contributed by atoms with Crippen molar-refractivity contribution >= 4 is 12.6 Å². The molecule has 0 amide bonds. The van der Waals surface area contributed by atoms with Gasteiger partial charge in [0.2, 0.25) is 0 Å². The van der Waals surface area contributed by atoms with E-state index in [1.165, 1.54) is 22.3 Å². The van der Waals surface area contributed by atoms with Crippen molar-refractivity contribution in [2.24, 2.45) is 0 Å². The maximum atomic E-state index is 9.92. The first-order valence-electron chi connectivity index (χ1n) is 9.58. The van der Waals surface area contributed by atoms with Crippen LogP contribution in [0.4, 0.5) is 0 Å². The molecule has 1 aliphatic carbocycles. The molecule has 4 aromatic rings. The van der Waals surface area contributed by atoms with Gasteiger partial charge in [0.25, 0.3) is 0 Å². The number of fused-ring (bicyclic) bond motifs is 3. The number of hydrogen-bond donors (Lipinski definition) is 2. The van der Waals surface area contributed by atoms with Crippen LogP contribution in [0, 0.1) is 0 Å². The van der Waals surface area contributed by atoms with Gasteiger partial charge in [-0.1, -0.05) is 72.8 Å². The lowest BCUT2D eigenvalue weighted by molar-refractivity contribution is 0.394. The fraction of sp³-hybridized carbons (Fsp3) is 0.0769. The Labute approximate surface area is 175 Å². The molecule has 0 heterocycles. The molecule has 0 unspecified atom stereocenters. The van der Waals surface area contributed by atoms with Crippen LogP contribution in [0.5, 0.6) is 11.5 Å². The van der Waals surface area contributed by atoms with Gasteiger partial charge in [0.1, 0.15) is 17.4 Å². The first-order chi connectivity index (χ1) is 14.2. The molecule has 0 saturated carbocycles. The van der Waals surface area contributed by atoms with Crippen molar-refractivity contribution < 1.29 is 9.84 Å². The molecular formula is C26H20O2S. The summed E-state index contributed by atoms with van der Waals surface area (Å²) in [6, 6.07) is 33.0. The normalized spacial score (nSPS) is 13.6. The summed E-state index contributed by atoms with van der Waals surface area (Å²) in [5.41, 5.74) is 6.80. The van der Waals surface area contributed by atoms with E-state index in [2.05, 4.69) is 73.3 Å². The number of benzene rings is 4. The van der Waals surface area contributed by atoms with Gasteiger partial charge < -0.3 is 9.84 Å². The Morgan fingerprint density at radius 1 is 0.655 bits per heavy atom. The molecule has 1 N–H and O–H groups in total. The number of rotatable bonds is 4. The van der Waals surface area contributed by atoms with Crippen LogP contribution >= 0.6 is 12.6 Å². The van der Waals surface area contributed by atoms with E-state index in [1.54, 1.807) is 12.1 Å². The zero-order valence-corrected chi connectivity index (χ0v) is 16.6. The van der Waals surface area contributed by atoms with Gasteiger partial charge in [0.05, 0.1) is 5.41 Å². The monoisotopic (exact) mass is 396 g/mol. The number of thiol groups is 1. The molecule has 5 rings (SSSR count). The molecule has 0 spiro atoms. The van der Waals surface area contributed by atoms with Crippen LogP contribution < -0.4 is 4.74 Å². The maximum absolute atomic E-state index is 9.92. The maximum Gasteiger partial charge on any atom is 0.131 e. The van der Waals surface area contributed by atoms with E-state index in [4.69, 9.17) is 4.74 Å². The average molecular weight is 397 g/mol. The van der Waals surface area contributed by atoms with Crippen LogP contribution in [0.2, 0.25) is 0 Å². The topological polar surface area (TPSA) is 29.5 Å². The molecule has 2 nitrogen and oxygen atoms in total. The summed E-state index contributed by atoms with van der Waals surface area (Å²) in [7, 11) is 0. The van der Waals surface area contributed by atoms with Crippen LogP contribution in [0.1, 0.15) is 22.3 Å². The molecule has 0 aliphatic heterocycles. The number of aromatic hydroxyl groups is 1. The third-order valence-corrected chi connectivity index (χ3v) is 5.90. The van der Waals surface area contributed by atoms with Gasteiger partial charge in [-0.3, -0.25) is 0 Å². The molecule has 3 heteroatoms. The van der Waals surface area contributed by atoms with E-state index in [0.29, 0.717) is 5.94 Å². The highest BCUT2D eigenvalue weighted by Gasteiger charge is 2.45. The van der Waals surface area contributed by atoms with Crippen molar-refractivity contribution in [2.75, 3.05) is 5.94 Å². The van der Waals surface area contributed by atoms with Gasteiger partial charge in [0.15, 0.2) is 0 Å². The number of ether oxygens (including phenoxy) is 1. The Morgan fingerprint density at radius 2 is 1.14 bits per heavy atom. The Kier molecular flexibility index (Phi) is 4.33. The van der Waals surface area contributed by atoms with Gasteiger partial charge in [0, 0.05) is 0 Å². The van der Waals surface area contributed by atoms with Gasteiger partial charge in [-0.15, -0.1) is 12.6 Å². The van der Waals surface area contributed by atoms with Gasteiger partial charge >= 0.3 is 0 Å². The molecule has 1 aliphatic rings. The van der Waals surface area contributed by atoms with E-state index in [9.17, 15) is 5.11 Å². The number of phenols is 1. The largest absolute Gasteiger partial charge is 0.508 e. The second-order valence-electron chi connectivity index (χ2n) is 7.19. The highest BCUT2D eigenvalue weighted by Crippen LogP contribution is 2.56. The van der Waals surface area contributed by atoms with Gasteiger partial charge in [-0.25, -0.2) is 0 Å². The standard InChI is InChI=1S/C26H20O2S/c27-20-13-9-18(10-14-20)26(19-11-15-21(16-12-19)28-17-29)24-7-3-1-5-22(24)23-6-2-4-8-25(23)26/h1-16,27,29H,17H2. The molecule has 0 fully saturated rings. The third-order valence-electron chi connectivity index (χ3n) is 5.77. The summed E-state index contributed by atoms with van der Waals surface area (Å²) in [6.45, 7) is 0. The molecule has 0 saturated heterocycles. The van der Waals surface area contributed by atoms with E-state index < -0.39 is 5.41 Å². The summed E-state index contributed by atoms with van der Waals surface area (Å²) >= 11 is 4.16. The van der Waals surface area contributed by atoms with E-state index >= 15 is 0 Å². The van der Waals surface area contributed by atoms with Crippen molar-refractivity contribution in [3.8, 4) is 22.6 Å². The first kappa shape index (κ1) is 17.9. The predicted octanol–water partition coefficient (Wildman–Crippen LogP) is 6.02. The Bertz CT molecular complexity index is 1120. The van der Waals surface area contributed by atoms with Crippen molar-refractivity contribution in [3.63, 3.8) is 0 Å². The molecule has 0 aromatic heterocycles. The third kappa shape index (κ3) is 2.65. The Balaban J connectivity index is 1.86. The zero-order chi connectivity index (χ0) is 19.8. The second kappa shape index (κ2) is 7.02. The summed E-state index contributed by atoms with van der Waals surface area (Å²) < 4.78 is 5.55. The minimum Gasteiger partial charge on any atom is -0.508 e. The van der Waals surface area contributed by atoms with Crippen LogP contribution in [-0.2, 0) is 5.41 Å². The van der Waals surface area contributed by atoms with Crippen molar-refractivity contribution in [3.05, 3.63) is 119 Å². The summed E-state index contributed by atoms with van der Waals surface area (Å²) in [4.78, 5) is 0. The molecule has 0 bridgehead atoms. The van der Waals surface area contributed by atoms with E-state index in [1.807, 2.05) is 24.3 Å². The van der Waals surface area contributed by atoms with Crippen molar-refractivity contribution in [1.82, 2.24) is 0 Å². The summed E-state index contributed by atoms with van der Waals surface area (Å²) in [6.07, 6.45) is 0. The fourth-order valence-electron chi connectivity index (χ4n) is 4.61. The quantitative estimate of drug-likeness (QED) is 0.287. The SMILES string of the molecule is Oc1ccc(C2(c3ccc(OCS)cc3)c3ccccc3-c3ccccc32)cc1. The zero-order valence-electron chi connectivity index (χ0n) is 15.7. The van der Waals surface area contributed by atoms with Crippen LogP contribution in [0.25, 0.3) is 11.1 Å². The molecule has 0 atom stereocenters. The lowest BCUT2D eigenvalue weighted by Crippen LogP contribution is -2.28. The molecule has 142 valence electrons. The average Bonchev–Trinajstić information content (AvgIpc) is 3.07. The van der Waals surface area contributed by atoms with Gasteiger partial charge in [-0.05, 0) is 57.6 Å². The number of phenolic OH excluding ortho intramolecular Hbond substituents is 1. The minimum atomic E-state index is -0.458. The summed E-state index contributed by atoms with van der Waals surface area (Å²) in [5, 5.41) is 9.92. The number of hydrogen-bond acceptors (Lipinski definition) is 3. The molecule has 29 heavy (non-hydrogen) atoms.